The molecule has 2 amide bonds. The number of carbonyl (C=O) groups is 2. The van der Waals surface area contributed by atoms with Crippen molar-refractivity contribution in [3.8, 4) is 11.5 Å². The van der Waals surface area contributed by atoms with E-state index >= 15 is 0 Å². The number of nitrogens with zero attached hydrogens (tertiary/aromatic N) is 1. The maximum atomic E-state index is 12.8. The quantitative estimate of drug-likeness (QED) is 0.653. The Labute approximate surface area is 184 Å². The van der Waals surface area contributed by atoms with Gasteiger partial charge in [0.15, 0.2) is 0 Å². The highest BCUT2D eigenvalue weighted by Crippen LogP contribution is 2.23. The van der Waals surface area contributed by atoms with Crippen molar-refractivity contribution in [3.63, 3.8) is 0 Å². The molecule has 0 bridgehead atoms. The first-order chi connectivity index (χ1) is 15.0. The number of amides is 2. The third kappa shape index (κ3) is 6.00. The number of rotatable bonds is 8. The van der Waals surface area contributed by atoms with E-state index in [0.717, 1.165) is 29.7 Å². The molecule has 166 valence electrons. The molecular formula is C25H32N2O4. The van der Waals surface area contributed by atoms with Crippen LogP contribution in [0.1, 0.15) is 47.2 Å². The van der Waals surface area contributed by atoms with Crippen LogP contribution in [0, 0.1) is 13.8 Å². The van der Waals surface area contributed by atoms with Crippen LogP contribution in [0.3, 0.4) is 0 Å². The lowest BCUT2D eigenvalue weighted by Gasteiger charge is -2.32. The Morgan fingerprint density at radius 3 is 2.39 bits per heavy atom. The van der Waals surface area contributed by atoms with Crippen molar-refractivity contribution >= 4 is 11.8 Å². The molecule has 0 unspecified atom stereocenters. The largest absolute Gasteiger partial charge is 0.496 e. The molecule has 1 fully saturated rings. The monoisotopic (exact) mass is 424 g/mol. The molecular weight excluding hydrogens is 392 g/mol. The van der Waals surface area contributed by atoms with Crippen LogP contribution in [0.5, 0.6) is 11.5 Å². The summed E-state index contributed by atoms with van der Waals surface area (Å²) in [6, 6.07) is 13.5. The van der Waals surface area contributed by atoms with Crippen LogP contribution in [-0.2, 0) is 4.79 Å². The highest BCUT2D eigenvalue weighted by atomic mass is 16.5. The van der Waals surface area contributed by atoms with Gasteiger partial charge in [-0.1, -0.05) is 30.3 Å². The summed E-state index contributed by atoms with van der Waals surface area (Å²) in [7, 11) is 1.57. The van der Waals surface area contributed by atoms with Gasteiger partial charge in [0.05, 0.1) is 19.3 Å². The Balaban J connectivity index is 1.38. The second kappa shape index (κ2) is 10.8. The zero-order valence-electron chi connectivity index (χ0n) is 18.6. The van der Waals surface area contributed by atoms with Gasteiger partial charge < -0.3 is 19.7 Å². The van der Waals surface area contributed by atoms with Crippen LogP contribution >= 0.6 is 0 Å². The number of hydrogen-bond acceptors (Lipinski definition) is 4. The number of nitrogens with one attached hydrogen (secondary N) is 1. The minimum atomic E-state index is -0.0223. The van der Waals surface area contributed by atoms with E-state index < -0.39 is 0 Å². The summed E-state index contributed by atoms with van der Waals surface area (Å²) in [5.74, 6) is 1.52. The van der Waals surface area contributed by atoms with E-state index in [0.29, 0.717) is 43.9 Å². The molecule has 6 heteroatoms. The lowest BCUT2D eigenvalue weighted by atomic mass is 10.0. The second-order valence-electron chi connectivity index (χ2n) is 8.01. The topological polar surface area (TPSA) is 67.9 Å². The minimum absolute atomic E-state index is 0.0223. The highest BCUT2D eigenvalue weighted by Gasteiger charge is 2.26. The van der Waals surface area contributed by atoms with Crippen molar-refractivity contribution in [2.24, 2.45) is 0 Å². The van der Waals surface area contributed by atoms with E-state index in [1.165, 1.54) is 0 Å². The van der Waals surface area contributed by atoms with Gasteiger partial charge in [0.2, 0.25) is 5.91 Å². The van der Waals surface area contributed by atoms with Crippen LogP contribution in [0.4, 0.5) is 0 Å². The second-order valence-corrected chi connectivity index (χ2v) is 8.01. The molecule has 0 aromatic heterocycles. The Bertz CT molecular complexity index is 884. The van der Waals surface area contributed by atoms with Crippen molar-refractivity contribution in [2.75, 3.05) is 26.8 Å². The lowest BCUT2D eigenvalue weighted by molar-refractivity contribution is -0.122. The van der Waals surface area contributed by atoms with Crippen molar-refractivity contribution in [1.82, 2.24) is 10.2 Å². The first kappa shape index (κ1) is 22.7. The van der Waals surface area contributed by atoms with E-state index in [4.69, 9.17) is 9.47 Å². The predicted octanol–water partition coefficient (Wildman–Crippen LogP) is 3.89. The smallest absolute Gasteiger partial charge is 0.257 e. The average Bonchev–Trinajstić information content (AvgIpc) is 2.78. The first-order valence-electron chi connectivity index (χ1n) is 10.9. The van der Waals surface area contributed by atoms with Crippen LogP contribution in [0.25, 0.3) is 0 Å². The molecule has 2 aromatic carbocycles. The summed E-state index contributed by atoms with van der Waals surface area (Å²) in [5.41, 5.74) is 2.80. The van der Waals surface area contributed by atoms with Crippen molar-refractivity contribution in [1.29, 1.82) is 0 Å². The molecule has 31 heavy (non-hydrogen) atoms. The first-order valence-corrected chi connectivity index (χ1v) is 10.9. The molecule has 2 aromatic rings. The molecule has 0 saturated carbocycles. The van der Waals surface area contributed by atoms with Gasteiger partial charge in [-0.15, -0.1) is 0 Å². The summed E-state index contributed by atoms with van der Waals surface area (Å²) < 4.78 is 11.2. The van der Waals surface area contributed by atoms with Crippen LogP contribution < -0.4 is 14.8 Å². The number of piperidine rings is 1. The van der Waals surface area contributed by atoms with E-state index in [1.807, 2.05) is 49.1 Å². The molecule has 3 rings (SSSR count). The summed E-state index contributed by atoms with van der Waals surface area (Å²) in [6.45, 7) is 5.82. The molecule has 6 nitrogen and oxygen atoms in total. The van der Waals surface area contributed by atoms with Gasteiger partial charge in [-0.2, -0.15) is 0 Å². The molecule has 1 aliphatic rings. The SMILES string of the molecule is COc1ccccc1C(=O)N1CCC(NC(=O)CCCOc2c(C)cccc2C)CC1. The molecule has 1 N–H and O–H groups in total. The van der Waals surface area contributed by atoms with Gasteiger partial charge in [0, 0.05) is 25.6 Å². The van der Waals surface area contributed by atoms with Gasteiger partial charge in [-0.05, 0) is 56.4 Å². The molecule has 0 radical (unpaired) electrons. The van der Waals surface area contributed by atoms with E-state index in [2.05, 4.69) is 5.32 Å². The van der Waals surface area contributed by atoms with Gasteiger partial charge in [-0.3, -0.25) is 9.59 Å². The molecule has 1 saturated heterocycles. The van der Waals surface area contributed by atoms with Crippen molar-refractivity contribution < 1.29 is 19.1 Å². The molecule has 0 aliphatic carbocycles. The van der Waals surface area contributed by atoms with Gasteiger partial charge >= 0.3 is 0 Å². The minimum Gasteiger partial charge on any atom is -0.496 e. The Morgan fingerprint density at radius 1 is 1.03 bits per heavy atom. The standard InChI is InChI=1S/C25H32N2O4/c1-18-8-6-9-19(2)24(18)31-17-7-12-23(28)26-20-13-15-27(16-14-20)25(29)21-10-4-5-11-22(21)30-3/h4-6,8-11,20H,7,12-17H2,1-3H3,(H,26,28). The molecule has 0 spiro atoms. The molecule has 0 atom stereocenters. The zero-order chi connectivity index (χ0) is 22.2. The molecule has 1 aliphatic heterocycles. The number of hydrogen-bond donors (Lipinski definition) is 1. The van der Waals surface area contributed by atoms with E-state index in [9.17, 15) is 9.59 Å². The van der Waals surface area contributed by atoms with Crippen LogP contribution in [0.15, 0.2) is 42.5 Å². The van der Waals surface area contributed by atoms with Gasteiger partial charge in [0.1, 0.15) is 11.5 Å². The highest BCUT2D eigenvalue weighted by molar-refractivity contribution is 5.97. The Kier molecular flexibility index (Phi) is 7.93. The number of carbonyl (C=O) groups excluding carboxylic acids is 2. The zero-order valence-corrected chi connectivity index (χ0v) is 18.6. The van der Waals surface area contributed by atoms with Crippen molar-refractivity contribution in [2.45, 2.75) is 45.6 Å². The fourth-order valence-corrected chi connectivity index (χ4v) is 3.95. The number of aryl methyl sites for hydroxylation is 2. The summed E-state index contributed by atoms with van der Waals surface area (Å²) in [6.07, 6.45) is 2.62. The lowest BCUT2D eigenvalue weighted by Crippen LogP contribution is -2.46. The van der Waals surface area contributed by atoms with E-state index in [1.54, 1.807) is 19.2 Å². The number of likely N-dealkylation sites (tertiary alicyclic amines) is 1. The third-order valence-corrected chi connectivity index (χ3v) is 5.69. The number of methoxy groups -OCH3 is 1. The van der Waals surface area contributed by atoms with Gasteiger partial charge in [-0.25, -0.2) is 0 Å². The summed E-state index contributed by atoms with van der Waals surface area (Å²) >= 11 is 0. The fourth-order valence-electron chi connectivity index (χ4n) is 3.95. The normalized spacial score (nSPS) is 14.2. The van der Waals surface area contributed by atoms with Gasteiger partial charge in [0.25, 0.3) is 5.91 Å². The maximum absolute atomic E-state index is 12.8. The van der Waals surface area contributed by atoms with E-state index in [-0.39, 0.29) is 17.9 Å². The predicted molar refractivity (Wildman–Crippen MR) is 121 cm³/mol. The number of para-hydroxylation sites is 2. The number of ether oxygens (including phenoxy) is 2. The summed E-state index contributed by atoms with van der Waals surface area (Å²) in [4.78, 5) is 26.9. The molecule has 1 heterocycles. The average molecular weight is 425 g/mol. The van der Waals surface area contributed by atoms with Crippen LogP contribution in [0.2, 0.25) is 0 Å². The fraction of sp³-hybridized carbons (Fsp3) is 0.440. The number of benzene rings is 2. The summed E-state index contributed by atoms with van der Waals surface area (Å²) in [5, 5.41) is 3.10. The third-order valence-electron chi connectivity index (χ3n) is 5.69. The Hall–Kier alpha value is -3.02. The Morgan fingerprint density at radius 2 is 1.71 bits per heavy atom. The maximum Gasteiger partial charge on any atom is 0.257 e. The van der Waals surface area contributed by atoms with Crippen LogP contribution in [-0.4, -0.2) is 49.6 Å². The van der Waals surface area contributed by atoms with Crippen molar-refractivity contribution in [3.05, 3.63) is 59.2 Å².